The zero-order valence-electron chi connectivity index (χ0n) is 15.3. The van der Waals surface area contributed by atoms with Crippen molar-refractivity contribution >= 4 is 27.6 Å². The van der Waals surface area contributed by atoms with Gasteiger partial charge in [-0.05, 0) is 43.5 Å². The van der Waals surface area contributed by atoms with Crippen LogP contribution in [0.2, 0.25) is 5.02 Å². The molecule has 1 saturated carbocycles. The summed E-state index contributed by atoms with van der Waals surface area (Å²) >= 11 is 5.76. The number of para-hydroxylation sites is 1. The number of ether oxygens (including phenoxy) is 2. The van der Waals surface area contributed by atoms with Gasteiger partial charge in [0.15, 0.2) is 11.5 Å². The number of hydrogen-bond donors (Lipinski definition) is 3. The van der Waals surface area contributed by atoms with Crippen LogP contribution in [0.4, 0.5) is 4.39 Å². The summed E-state index contributed by atoms with van der Waals surface area (Å²) in [5.41, 5.74) is 0.812. The van der Waals surface area contributed by atoms with Crippen molar-refractivity contribution in [3.05, 3.63) is 52.8 Å². The number of carboxylic acids is 1. The van der Waals surface area contributed by atoms with Crippen LogP contribution in [0.15, 0.2) is 41.3 Å². The Balaban J connectivity index is 1.66. The third-order valence-electron chi connectivity index (χ3n) is 5.13. The number of carboxylic acid groups (broad SMARTS) is 1. The van der Waals surface area contributed by atoms with Crippen molar-refractivity contribution in [3.8, 4) is 11.5 Å². The molecule has 30 heavy (non-hydrogen) atoms. The van der Waals surface area contributed by atoms with E-state index in [0.29, 0.717) is 0 Å². The van der Waals surface area contributed by atoms with Crippen LogP contribution in [0.1, 0.15) is 30.7 Å². The number of fused-ring (bicyclic) bond motifs is 3. The molecule has 3 atom stereocenters. The lowest BCUT2D eigenvalue weighted by molar-refractivity contribution is -0.197. The monoisotopic (exact) mass is 457 g/mol. The summed E-state index contributed by atoms with van der Waals surface area (Å²) in [6, 6.07) is 7.21. The number of nitrogens with one attached hydrogen (secondary N) is 1. The van der Waals surface area contributed by atoms with Crippen LogP contribution < -0.4 is 14.2 Å². The number of aliphatic carboxylic acids is 1. The highest BCUT2D eigenvalue weighted by Crippen LogP contribution is 2.51. The number of hydrogen-bond acceptors (Lipinski definition) is 6. The summed E-state index contributed by atoms with van der Waals surface area (Å²) in [5, 5.41) is 19.5. The van der Waals surface area contributed by atoms with Crippen LogP contribution in [0.25, 0.3) is 0 Å². The lowest BCUT2D eigenvalue weighted by atomic mass is 9.97. The van der Waals surface area contributed by atoms with Gasteiger partial charge in [0.25, 0.3) is 0 Å². The van der Waals surface area contributed by atoms with Gasteiger partial charge in [0.05, 0.1) is 5.02 Å². The van der Waals surface area contributed by atoms with Crippen LogP contribution in [0, 0.1) is 5.82 Å². The number of rotatable bonds is 6. The predicted molar refractivity (Wildman–Crippen MR) is 102 cm³/mol. The van der Waals surface area contributed by atoms with Gasteiger partial charge in [-0.25, -0.2) is 17.6 Å². The van der Waals surface area contributed by atoms with Gasteiger partial charge >= 0.3 is 11.9 Å². The Labute approximate surface area is 176 Å². The van der Waals surface area contributed by atoms with Gasteiger partial charge in [0.2, 0.25) is 10.0 Å². The Morgan fingerprint density at radius 2 is 2.07 bits per heavy atom. The molecule has 2 aromatic rings. The molecule has 3 N–H and O–H groups in total. The number of aliphatic hydroxyl groups is 1. The Morgan fingerprint density at radius 3 is 2.77 bits per heavy atom. The Bertz CT molecular complexity index is 1130. The average molecular weight is 458 g/mol. The van der Waals surface area contributed by atoms with Crippen molar-refractivity contribution in [2.24, 2.45) is 0 Å². The summed E-state index contributed by atoms with van der Waals surface area (Å²) in [4.78, 5) is 11.1. The molecule has 0 spiro atoms. The smallest absolute Gasteiger partial charge is 0.395 e. The molecule has 2 aromatic carbocycles. The lowest BCUT2D eigenvalue weighted by Gasteiger charge is -2.26. The Kier molecular flexibility index (Phi) is 5.13. The maximum absolute atomic E-state index is 13.2. The number of carbonyl (C=O) groups is 1. The second-order valence-electron chi connectivity index (χ2n) is 7.10. The molecule has 0 radical (unpaired) electrons. The zero-order chi connectivity index (χ0) is 21.7. The minimum atomic E-state index is -4.70. The van der Waals surface area contributed by atoms with E-state index in [2.05, 4.69) is 0 Å². The highest BCUT2D eigenvalue weighted by molar-refractivity contribution is 7.89. The topological polar surface area (TPSA) is 122 Å². The molecule has 3 unspecified atom stereocenters. The molecule has 1 fully saturated rings. The van der Waals surface area contributed by atoms with E-state index in [1.54, 1.807) is 10.8 Å². The van der Waals surface area contributed by atoms with Gasteiger partial charge in [0.1, 0.15) is 16.8 Å². The van der Waals surface area contributed by atoms with E-state index in [4.69, 9.17) is 21.1 Å². The molecule has 0 bridgehead atoms. The molecule has 0 aromatic heterocycles. The van der Waals surface area contributed by atoms with E-state index in [-0.39, 0.29) is 23.5 Å². The van der Waals surface area contributed by atoms with Crippen LogP contribution in [0.3, 0.4) is 0 Å². The van der Waals surface area contributed by atoms with E-state index in [1.807, 2.05) is 6.07 Å². The molecule has 0 amide bonds. The third-order valence-corrected chi connectivity index (χ3v) is 7.04. The van der Waals surface area contributed by atoms with Crippen molar-refractivity contribution in [2.75, 3.05) is 0 Å². The summed E-state index contributed by atoms with van der Waals surface area (Å²) in [7, 11) is -4.70. The van der Waals surface area contributed by atoms with Crippen LogP contribution in [-0.4, -0.2) is 36.6 Å². The molecule has 2 aliphatic rings. The minimum absolute atomic E-state index is 0.0719. The zero-order valence-corrected chi connectivity index (χ0v) is 16.9. The Hall–Kier alpha value is -2.40. The molecule has 8 nitrogen and oxygen atoms in total. The second-order valence-corrected chi connectivity index (χ2v) is 9.16. The van der Waals surface area contributed by atoms with E-state index in [0.717, 1.165) is 43.0 Å². The number of halogens is 2. The maximum atomic E-state index is 13.2. The lowest BCUT2D eigenvalue weighted by Crippen LogP contribution is -2.58. The standard InChI is InChI=1S/C19H17ClFNO7S/c20-13-9-10(21)7-8-16(13)30(26,27)22-19(25,18(23)24)29-15-6-2-4-12-11-3-1-5-14(11)28-17(12)15/h2,4,6-9,11,14,22,25H,1,3,5H2,(H,23,24). The van der Waals surface area contributed by atoms with Crippen molar-refractivity contribution in [2.45, 2.75) is 42.1 Å². The highest BCUT2D eigenvalue weighted by atomic mass is 35.5. The fourth-order valence-electron chi connectivity index (χ4n) is 3.80. The molecular formula is C19H17ClFNO7S. The van der Waals surface area contributed by atoms with Crippen LogP contribution >= 0.6 is 11.6 Å². The minimum Gasteiger partial charge on any atom is -0.486 e. The fraction of sp³-hybridized carbons (Fsp3) is 0.316. The van der Waals surface area contributed by atoms with E-state index in [9.17, 15) is 27.8 Å². The van der Waals surface area contributed by atoms with Crippen molar-refractivity contribution in [3.63, 3.8) is 0 Å². The second kappa shape index (κ2) is 7.38. The van der Waals surface area contributed by atoms with E-state index >= 15 is 0 Å². The highest BCUT2D eigenvalue weighted by Gasteiger charge is 2.47. The normalized spacial score (nSPS) is 22.0. The summed E-state index contributed by atoms with van der Waals surface area (Å²) in [6.45, 7) is 0. The quantitative estimate of drug-likeness (QED) is 0.570. The molecule has 1 aliphatic carbocycles. The first-order valence-corrected chi connectivity index (χ1v) is 10.9. The van der Waals surface area contributed by atoms with Crippen LogP contribution in [0.5, 0.6) is 11.5 Å². The molecule has 1 heterocycles. The largest absolute Gasteiger partial charge is 0.486 e. The average Bonchev–Trinajstić information content (AvgIpc) is 3.23. The fourth-order valence-corrected chi connectivity index (χ4v) is 5.44. The maximum Gasteiger partial charge on any atom is 0.395 e. The first-order chi connectivity index (χ1) is 14.1. The molecule has 11 heteroatoms. The van der Waals surface area contributed by atoms with Gasteiger partial charge in [-0.1, -0.05) is 23.7 Å². The number of benzene rings is 2. The summed E-state index contributed by atoms with van der Waals surface area (Å²) < 4.78 is 51.1. The van der Waals surface area contributed by atoms with Gasteiger partial charge in [-0.2, -0.15) is 0 Å². The van der Waals surface area contributed by atoms with E-state index < -0.39 is 37.6 Å². The summed E-state index contributed by atoms with van der Waals surface area (Å²) in [5.74, 6) is -5.89. The van der Waals surface area contributed by atoms with Gasteiger partial charge in [0, 0.05) is 11.5 Å². The molecule has 0 saturated heterocycles. The first kappa shape index (κ1) is 20.9. The van der Waals surface area contributed by atoms with Crippen molar-refractivity contribution in [1.82, 2.24) is 4.72 Å². The molecule has 1 aliphatic heterocycles. The van der Waals surface area contributed by atoms with Gasteiger partial charge in [-0.15, -0.1) is 4.72 Å². The number of sulfonamides is 1. The van der Waals surface area contributed by atoms with Crippen molar-refractivity contribution in [1.29, 1.82) is 0 Å². The van der Waals surface area contributed by atoms with Gasteiger partial charge in [-0.3, -0.25) is 0 Å². The first-order valence-electron chi connectivity index (χ1n) is 9.04. The van der Waals surface area contributed by atoms with E-state index in [1.165, 1.54) is 6.07 Å². The molecular weight excluding hydrogens is 441 g/mol. The Morgan fingerprint density at radius 1 is 1.30 bits per heavy atom. The van der Waals surface area contributed by atoms with Gasteiger partial charge < -0.3 is 19.7 Å². The molecule has 4 rings (SSSR count). The third kappa shape index (κ3) is 3.60. The SMILES string of the molecule is O=C(O)C(O)(NS(=O)(=O)c1ccc(F)cc1Cl)Oc1cccc2c1OC1CCCC21. The molecule has 160 valence electrons. The van der Waals surface area contributed by atoms with Crippen molar-refractivity contribution < 1.29 is 37.3 Å². The summed E-state index contributed by atoms with van der Waals surface area (Å²) in [6.07, 6.45) is 2.66. The predicted octanol–water partition coefficient (Wildman–Crippen LogP) is 2.60. The van der Waals surface area contributed by atoms with Crippen LogP contribution in [-0.2, 0) is 14.8 Å².